The van der Waals surface area contributed by atoms with E-state index in [9.17, 15) is 9.18 Å². The van der Waals surface area contributed by atoms with Crippen molar-refractivity contribution in [2.24, 2.45) is 0 Å². The average molecular weight is 327 g/mol. The zero-order valence-corrected chi connectivity index (χ0v) is 13.8. The SMILES string of the molecule is CN(c1ccccc1)C1CCN(C(=O)Nc2ccccc2F)CC1. The molecule has 0 atom stereocenters. The van der Waals surface area contributed by atoms with Crippen LogP contribution in [0.4, 0.5) is 20.6 Å². The van der Waals surface area contributed by atoms with Crippen LogP contribution in [0.3, 0.4) is 0 Å². The smallest absolute Gasteiger partial charge is 0.321 e. The van der Waals surface area contributed by atoms with Gasteiger partial charge in [0.15, 0.2) is 0 Å². The molecule has 0 aliphatic carbocycles. The third-order valence-electron chi connectivity index (χ3n) is 4.58. The van der Waals surface area contributed by atoms with E-state index in [2.05, 4.69) is 29.4 Å². The number of hydrogen-bond donors (Lipinski definition) is 1. The van der Waals surface area contributed by atoms with Crippen LogP contribution in [0.1, 0.15) is 12.8 Å². The number of piperidine rings is 1. The maximum atomic E-state index is 13.6. The van der Waals surface area contributed by atoms with Crippen molar-refractivity contribution in [3.05, 3.63) is 60.4 Å². The highest BCUT2D eigenvalue weighted by atomic mass is 19.1. The van der Waals surface area contributed by atoms with Gasteiger partial charge in [-0.15, -0.1) is 0 Å². The minimum atomic E-state index is -0.412. The van der Waals surface area contributed by atoms with Gasteiger partial charge < -0.3 is 15.1 Å². The summed E-state index contributed by atoms with van der Waals surface area (Å²) in [4.78, 5) is 16.3. The molecule has 1 aliphatic rings. The third-order valence-corrected chi connectivity index (χ3v) is 4.58. The molecule has 24 heavy (non-hydrogen) atoms. The number of likely N-dealkylation sites (tertiary alicyclic amines) is 1. The molecule has 126 valence electrons. The fraction of sp³-hybridized carbons (Fsp3) is 0.316. The van der Waals surface area contributed by atoms with Gasteiger partial charge in [-0.2, -0.15) is 0 Å². The van der Waals surface area contributed by atoms with E-state index in [4.69, 9.17) is 0 Å². The van der Waals surface area contributed by atoms with Crippen LogP contribution in [0.25, 0.3) is 0 Å². The monoisotopic (exact) mass is 327 g/mol. The molecule has 0 radical (unpaired) electrons. The molecule has 3 rings (SSSR count). The summed E-state index contributed by atoms with van der Waals surface area (Å²) in [5, 5.41) is 2.65. The second-order valence-electron chi connectivity index (χ2n) is 6.07. The van der Waals surface area contributed by atoms with Gasteiger partial charge in [0.05, 0.1) is 5.69 Å². The van der Waals surface area contributed by atoms with Crippen molar-refractivity contribution in [3.63, 3.8) is 0 Å². The fourth-order valence-electron chi connectivity index (χ4n) is 3.09. The molecule has 0 spiro atoms. The highest BCUT2D eigenvalue weighted by Crippen LogP contribution is 2.22. The summed E-state index contributed by atoms with van der Waals surface area (Å²) < 4.78 is 13.6. The lowest BCUT2D eigenvalue weighted by molar-refractivity contribution is 0.194. The van der Waals surface area contributed by atoms with E-state index in [0.717, 1.165) is 12.8 Å². The molecule has 1 saturated heterocycles. The number of hydrogen-bond acceptors (Lipinski definition) is 2. The van der Waals surface area contributed by atoms with E-state index < -0.39 is 5.82 Å². The Morgan fingerprint density at radius 2 is 1.71 bits per heavy atom. The second kappa shape index (κ2) is 7.34. The summed E-state index contributed by atoms with van der Waals surface area (Å²) in [6.45, 7) is 1.34. The maximum absolute atomic E-state index is 13.6. The van der Waals surface area contributed by atoms with Crippen molar-refractivity contribution < 1.29 is 9.18 Å². The van der Waals surface area contributed by atoms with Crippen molar-refractivity contribution in [1.29, 1.82) is 0 Å². The number of nitrogens with zero attached hydrogens (tertiary/aromatic N) is 2. The number of carbonyl (C=O) groups is 1. The topological polar surface area (TPSA) is 35.6 Å². The standard InChI is InChI=1S/C19H22FN3O/c1-22(15-7-3-2-4-8-15)16-11-13-23(14-12-16)19(24)21-18-10-6-5-9-17(18)20/h2-10,16H,11-14H2,1H3,(H,21,24). The van der Waals surface area contributed by atoms with Crippen molar-refractivity contribution in [2.75, 3.05) is 30.4 Å². The first-order valence-electron chi connectivity index (χ1n) is 8.23. The molecule has 2 aromatic carbocycles. The fourth-order valence-corrected chi connectivity index (χ4v) is 3.09. The van der Waals surface area contributed by atoms with Crippen LogP contribution < -0.4 is 10.2 Å². The van der Waals surface area contributed by atoms with Gasteiger partial charge in [-0.1, -0.05) is 30.3 Å². The number of carbonyl (C=O) groups excluding carboxylic acids is 1. The molecule has 0 unspecified atom stereocenters. The quantitative estimate of drug-likeness (QED) is 0.926. The Bertz CT molecular complexity index is 684. The normalized spacial score (nSPS) is 15.2. The molecule has 1 fully saturated rings. The highest BCUT2D eigenvalue weighted by molar-refractivity contribution is 5.89. The lowest BCUT2D eigenvalue weighted by Crippen LogP contribution is -2.47. The number of halogens is 1. The Balaban J connectivity index is 1.55. The number of nitrogens with one attached hydrogen (secondary N) is 1. The summed E-state index contributed by atoms with van der Waals surface area (Å²) in [5.74, 6) is -0.412. The first-order chi connectivity index (χ1) is 11.6. The van der Waals surface area contributed by atoms with Crippen LogP contribution >= 0.6 is 0 Å². The van der Waals surface area contributed by atoms with Crippen LogP contribution in [0, 0.1) is 5.82 Å². The van der Waals surface area contributed by atoms with Gasteiger partial charge in [0, 0.05) is 31.9 Å². The number of amides is 2. The molecule has 0 aromatic heterocycles. The van der Waals surface area contributed by atoms with E-state index in [1.165, 1.54) is 11.8 Å². The Morgan fingerprint density at radius 3 is 2.38 bits per heavy atom. The number of para-hydroxylation sites is 2. The largest absolute Gasteiger partial charge is 0.371 e. The van der Waals surface area contributed by atoms with E-state index in [1.807, 2.05) is 18.2 Å². The Labute approximate surface area is 141 Å². The van der Waals surface area contributed by atoms with Gasteiger partial charge in [-0.3, -0.25) is 0 Å². The molecule has 1 aliphatic heterocycles. The number of rotatable bonds is 3. The molecule has 1 heterocycles. The summed E-state index contributed by atoms with van der Waals surface area (Å²) in [7, 11) is 2.09. The predicted molar refractivity (Wildman–Crippen MR) is 94.9 cm³/mol. The van der Waals surface area contributed by atoms with Gasteiger partial charge in [0.25, 0.3) is 0 Å². The van der Waals surface area contributed by atoms with Crippen molar-refractivity contribution in [3.8, 4) is 0 Å². The van der Waals surface area contributed by atoms with Gasteiger partial charge >= 0.3 is 6.03 Å². The molecule has 0 bridgehead atoms. The molecule has 1 N–H and O–H groups in total. The van der Waals surface area contributed by atoms with Crippen molar-refractivity contribution in [1.82, 2.24) is 4.90 Å². The van der Waals surface area contributed by atoms with Crippen molar-refractivity contribution in [2.45, 2.75) is 18.9 Å². The van der Waals surface area contributed by atoms with Crippen LogP contribution in [0.15, 0.2) is 54.6 Å². The second-order valence-corrected chi connectivity index (χ2v) is 6.07. The number of benzene rings is 2. The lowest BCUT2D eigenvalue weighted by Gasteiger charge is -2.37. The first-order valence-corrected chi connectivity index (χ1v) is 8.23. The lowest BCUT2D eigenvalue weighted by atomic mass is 10.0. The molecule has 2 amide bonds. The van der Waals surface area contributed by atoms with E-state index >= 15 is 0 Å². The van der Waals surface area contributed by atoms with Crippen LogP contribution in [-0.2, 0) is 0 Å². The van der Waals surface area contributed by atoms with Gasteiger partial charge in [-0.05, 0) is 37.1 Å². The van der Waals surface area contributed by atoms with Crippen LogP contribution in [0.5, 0.6) is 0 Å². The molecule has 0 saturated carbocycles. The third kappa shape index (κ3) is 3.67. The zero-order chi connectivity index (χ0) is 16.9. The Morgan fingerprint density at radius 1 is 1.08 bits per heavy atom. The minimum Gasteiger partial charge on any atom is -0.371 e. The minimum absolute atomic E-state index is 0.228. The summed E-state index contributed by atoms with van der Waals surface area (Å²) in [6, 6.07) is 16.7. The number of urea groups is 1. The summed E-state index contributed by atoms with van der Waals surface area (Å²) in [6.07, 6.45) is 1.80. The van der Waals surface area contributed by atoms with Crippen molar-refractivity contribution >= 4 is 17.4 Å². The van der Waals surface area contributed by atoms with Gasteiger partial charge in [0.2, 0.25) is 0 Å². The van der Waals surface area contributed by atoms with E-state index in [-0.39, 0.29) is 11.7 Å². The maximum Gasteiger partial charge on any atom is 0.321 e. The molecule has 2 aromatic rings. The molecular weight excluding hydrogens is 305 g/mol. The number of anilines is 2. The van der Waals surface area contributed by atoms with Gasteiger partial charge in [0.1, 0.15) is 5.82 Å². The molecular formula is C19H22FN3O. The van der Waals surface area contributed by atoms with Crippen LogP contribution in [0.2, 0.25) is 0 Å². The van der Waals surface area contributed by atoms with Crippen LogP contribution in [-0.4, -0.2) is 37.1 Å². The first kappa shape index (κ1) is 16.3. The Kier molecular flexibility index (Phi) is 4.99. The molecule has 5 heteroatoms. The molecule has 4 nitrogen and oxygen atoms in total. The summed E-state index contributed by atoms with van der Waals surface area (Å²) >= 11 is 0. The van der Waals surface area contributed by atoms with E-state index in [0.29, 0.717) is 19.1 Å². The summed E-state index contributed by atoms with van der Waals surface area (Å²) in [5.41, 5.74) is 1.41. The average Bonchev–Trinajstić information content (AvgIpc) is 2.64. The zero-order valence-electron chi connectivity index (χ0n) is 13.8. The highest BCUT2D eigenvalue weighted by Gasteiger charge is 2.25. The van der Waals surface area contributed by atoms with E-state index in [1.54, 1.807) is 23.1 Å². The predicted octanol–water partition coefficient (Wildman–Crippen LogP) is 3.96. The van der Waals surface area contributed by atoms with Gasteiger partial charge in [-0.25, -0.2) is 9.18 Å². The Hall–Kier alpha value is -2.56.